The van der Waals surface area contributed by atoms with Crippen molar-refractivity contribution >= 4 is 51.7 Å². The number of oxime groups is 1. The van der Waals surface area contributed by atoms with E-state index in [1.165, 1.54) is 23.8 Å². The molecule has 2 aliphatic heterocycles. The second kappa shape index (κ2) is 6.96. The standard InChI is InChI=1S/C14H15N5O5S2/c1-5-10(13(22)23)19-7(20)3-8(19)26-12(5)17-11(21)9(18-24-2)6-4-25-14(15)16-6/h4,8,12H,3H2,1-2H3,(H2,15,16)(H,17,21)(H,22,23)/b18-9-. The molecule has 3 heterocycles. The molecule has 2 unspecified atom stereocenters. The average molecular weight is 397 g/mol. The smallest absolute Gasteiger partial charge is 0.352 e. The molecule has 0 spiro atoms. The summed E-state index contributed by atoms with van der Waals surface area (Å²) in [5.41, 5.74) is 6.05. The summed E-state index contributed by atoms with van der Waals surface area (Å²) in [5.74, 6) is -2.04. The lowest BCUT2D eigenvalue weighted by Gasteiger charge is -2.46. The first kappa shape index (κ1) is 18.2. The molecule has 0 aliphatic carbocycles. The maximum Gasteiger partial charge on any atom is 0.352 e. The molecule has 0 bridgehead atoms. The third-order valence-electron chi connectivity index (χ3n) is 3.83. The molecule has 12 heteroatoms. The van der Waals surface area contributed by atoms with Crippen LogP contribution in [0.4, 0.5) is 5.13 Å². The number of hydrogen-bond donors (Lipinski definition) is 3. The molecule has 10 nitrogen and oxygen atoms in total. The van der Waals surface area contributed by atoms with Gasteiger partial charge in [0.25, 0.3) is 5.91 Å². The summed E-state index contributed by atoms with van der Waals surface area (Å²) in [6.07, 6.45) is 0.225. The number of fused-ring (bicyclic) bond motifs is 1. The number of thioether (sulfide) groups is 1. The van der Waals surface area contributed by atoms with Gasteiger partial charge in [-0.05, 0) is 12.5 Å². The lowest BCUT2D eigenvalue weighted by molar-refractivity contribution is -0.146. The summed E-state index contributed by atoms with van der Waals surface area (Å²) in [6.45, 7) is 1.57. The molecule has 0 aromatic carbocycles. The predicted octanol–water partition coefficient (Wildman–Crippen LogP) is 0.182. The summed E-state index contributed by atoms with van der Waals surface area (Å²) < 4.78 is 0. The zero-order valence-corrected chi connectivity index (χ0v) is 15.4. The van der Waals surface area contributed by atoms with Crippen LogP contribution in [-0.4, -0.2) is 56.3 Å². The molecule has 0 radical (unpaired) electrons. The van der Waals surface area contributed by atoms with Gasteiger partial charge in [0.2, 0.25) is 5.91 Å². The van der Waals surface area contributed by atoms with Gasteiger partial charge < -0.3 is 21.0 Å². The van der Waals surface area contributed by atoms with E-state index in [9.17, 15) is 19.5 Å². The maximum absolute atomic E-state index is 12.6. The largest absolute Gasteiger partial charge is 0.477 e. The number of carbonyl (C=O) groups excluding carboxylic acids is 2. The molecule has 26 heavy (non-hydrogen) atoms. The Kier molecular flexibility index (Phi) is 4.87. The summed E-state index contributed by atoms with van der Waals surface area (Å²) >= 11 is 2.44. The molecule has 2 amide bonds. The van der Waals surface area contributed by atoms with Crippen LogP contribution in [0.15, 0.2) is 21.8 Å². The van der Waals surface area contributed by atoms with Gasteiger partial charge in [0.05, 0.1) is 11.8 Å². The number of anilines is 1. The van der Waals surface area contributed by atoms with Gasteiger partial charge in [-0.15, -0.1) is 23.1 Å². The quantitative estimate of drug-likeness (QED) is 0.362. The first-order chi connectivity index (χ1) is 12.3. The Balaban J connectivity index is 1.86. The number of rotatable bonds is 5. The van der Waals surface area contributed by atoms with Gasteiger partial charge in [0, 0.05) is 5.38 Å². The molecule has 3 rings (SSSR count). The van der Waals surface area contributed by atoms with Gasteiger partial charge >= 0.3 is 5.97 Å². The molecular formula is C14H15N5O5S2. The van der Waals surface area contributed by atoms with E-state index in [1.54, 1.807) is 12.3 Å². The Hall–Kier alpha value is -2.60. The van der Waals surface area contributed by atoms with Crippen molar-refractivity contribution in [2.24, 2.45) is 5.16 Å². The number of carbonyl (C=O) groups is 3. The van der Waals surface area contributed by atoms with E-state index in [-0.39, 0.29) is 39.9 Å². The van der Waals surface area contributed by atoms with Crippen LogP contribution in [0, 0.1) is 0 Å². The Bertz CT molecular complexity index is 849. The summed E-state index contributed by atoms with van der Waals surface area (Å²) in [5, 5.41) is 16.8. The summed E-state index contributed by atoms with van der Waals surface area (Å²) in [7, 11) is 1.30. The van der Waals surface area contributed by atoms with Crippen LogP contribution in [-0.2, 0) is 19.2 Å². The number of nitrogens with two attached hydrogens (primary N) is 1. The van der Waals surface area contributed by atoms with Crippen LogP contribution in [0.5, 0.6) is 0 Å². The van der Waals surface area contributed by atoms with Crippen molar-refractivity contribution in [3.05, 3.63) is 22.3 Å². The third kappa shape index (κ3) is 3.12. The number of nitrogens with zero attached hydrogens (tertiary/aromatic N) is 3. The Labute approximate surface area is 156 Å². The minimum atomic E-state index is -1.21. The molecule has 0 saturated carbocycles. The van der Waals surface area contributed by atoms with Gasteiger partial charge in [0.15, 0.2) is 10.8 Å². The van der Waals surface area contributed by atoms with Crippen molar-refractivity contribution in [2.75, 3.05) is 12.8 Å². The van der Waals surface area contributed by atoms with Crippen molar-refractivity contribution in [3.8, 4) is 0 Å². The van der Waals surface area contributed by atoms with Crippen LogP contribution in [0.25, 0.3) is 0 Å². The lowest BCUT2D eigenvalue weighted by Crippen LogP contribution is -2.57. The van der Waals surface area contributed by atoms with Crippen molar-refractivity contribution < 1.29 is 24.3 Å². The fourth-order valence-electron chi connectivity index (χ4n) is 2.63. The Morgan fingerprint density at radius 1 is 1.54 bits per heavy atom. The first-order valence-corrected chi connectivity index (χ1v) is 9.20. The number of β-lactam (4-membered cyclic amide) rings is 1. The van der Waals surface area contributed by atoms with E-state index in [0.29, 0.717) is 5.57 Å². The van der Waals surface area contributed by atoms with Crippen LogP contribution in [0.2, 0.25) is 0 Å². The fourth-order valence-corrected chi connectivity index (χ4v) is 4.57. The van der Waals surface area contributed by atoms with E-state index in [0.717, 1.165) is 11.3 Å². The van der Waals surface area contributed by atoms with Crippen LogP contribution in [0.1, 0.15) is 19.0 Å². The minimum Gasteiger partial charge on any atom is -0.477 e. The molecule has 1 fully saturated rings. The molecule has 138 valence electrons. The highest BCUT2D eigenvalue weighted by atomic mass is 32.2. The van der Waals surface area contributed by atoms with Gasteiger partial charge in [-0.3, -0.25) is 14.5 Å². The lowest BCUT2D eigenvalue weighted by atomic mass is 10.1. The van der Waals surface area contributed by atoms with Crippen molar-refractivity contribution in [1.29, 1.82) is 0 Å². The highest BCUT2D eigenvalue weighted by Crippen LogP contribution is 2.42. The topological polar surface area (TPSA) is 147 Å². The number of hydrogen-bond acceptors (Lipinski definition) is 9. The molecule has 4 N–H and O–H groups in total. The molecular weight excluding hydrogens is 382 g/mol. The molecule has 1 aromatic rings. The normalized spacial score (nSPS) is 22.6. The number of carboxylic acids is 1. The monoisotopic (exact) mass is 397 g/mol. The maximum atomic E-state index is 12.6. The Morgan fingerprint density at radius 2 is 2.27 bits per heavy atom. The minimum absolute atomic E-state index is 0.0714. The first-order valence-electron chi connectivity index (χ1n) is 7.38. The van der Waals surface area contributed by atoms with Crippen LogP contribution in [0.3, 0.4) is 0 Å². The molecule has 2 aliphatic rings. The van der Waals surface area contributed by atoms with Crippen molar-refractivity contribution in [3.63, 3.8) is 0 Å². The van der Waals surface area contributed by atoms with Crippen LogP contribution < -0.4 is 11.1 Å². The number of nitrogen functional groups attached to an aromatic ring is 1. The van der Waals surface area contributed by atoms with Crippen molar-refractivity contribution in [1.82, 2.24) is 15.2 Å². The zero-order chi connectivity index (χ0) is 19.0. The summed E-state index contributed by atoms with van der Waals surface area (Å²) in [4.78, 5) is 45.9. The predicted molar refractivity (Wildman–Crippen MR) is 95.2 cm³/mol. The van der Waals surface area contributed by atoms with E-state index >= 15 is 0 Å². The highest BCUT2D eigenvalue weighted by molar-refractivity contribution is 8.00. The van der Waals surface area contributed by atoms with E-state index in [4.69, 9.17) is 10.6 Å². The number of aliphatic carboxylic acids is 1. The van der Waals surface area contributed by atoms with Gasteiger partial charge in [-0.25, -0.2) is 9.78 Å². The van der Waals surface area contributed by atoms with E-state index in [1.807, 2.05) is 0 Å². The summed E-state index contributed by atoms with van der Waals surface area (Å²) in [6, 6.07) is 0. The molecule has 2 atom stereocenters. The number of aromatic nitrogens is 1. The van der Waals surface area contributed by atoms with Crippen molar-refractivity contribution in [2.45, 2.75) is 24.1 Å². The Morgan fingerprint density at radius 3 is 2.81 bits per heavy atom. The second-order valence-corrected chi connectivity index (χ2v) is 7.62. The third-order valence-corrected chi connectivity index (χ3v) is 5.94. The van der Waals surface area contributed by atoms with Gasteiger partial charge in [0.1, 0.15) is 23.9 Å². The SMILES string of the molecule is CO/N=C(\C(=O)NC1SC2CC(=O)N2C(C(=O)O)=C1C)c1csc(N)n1. The highest BCUT2D eigenvalue weighted by Gasteiger charge is 2.48. The fraction of sp³-hybridized carbons (Fsp3) is 0.357. The molecule has 1 aromatic heterocycles. The average Bonchev–Trinajstić information content (AvgIpc) is 3.00. The van der Waals surface area contributed by atoms with E-state index < -0.39 is 17.3 Å². The second-order valence-electron chi connectivity index (χ2n) is 5.44. The molecule has 1 saturated heterocycles. The number of carboxylic acid groups (broad SMARTS) is 1. The van der Waals surface area contributed by atoms with Gasteiger partial charge in [-0.2, -0.15) is 0 Å². The van der Waals surface area contributed by atoms with E-state index in [2.05, 4.69) is 15.5 Å². The number of thiazole rings is 1. The number of nitrogens with one attached hydrogen (secondary N) is 1. The zero-order valence-electron chi connectivity index (χ0n) is 13.8. The van der Waals surface area contributed by atoms with Crippen LogP contribution >= 0.6 is 23.1 Å². The van der Waals surface area contributed by atoms with Gasteiger partial charge in [-0.1, -0.05) is 5.16 Å². The number of amides is 2.